The van der Waals surface area contributed by atoms with Crippen LogP contribution in [0.5, 0.6) is 0 Å². The summed E-state index contributed by atoms with van der Waals surface area (Å²) in [6.45, 7) is 0. The largest absolute Gasteiger partial charge is 0.461 e. The molecule has 15 heavy (non-hydrogen) atoms. The zero-order valence-corrected chi connectivity index (χ0v) is 9.54. The van der Waals surface area contributed by atoms with Crippen molar-refractivity contribution in [2.45, 2.75) is 70.3 Å². The molecule has 2 unspecified atom stereocenters. The smallest absolute Gasteiger partial charge is 0.313 e. The Balaban J connectivity index is 1.78. The fraction of sp³-hybridized carbons (Fsp3) is 0.923. The monoisotopic (exact) mass is 210 g/mol. The molecule has 86 valence electrons. The number of esters is 1. The maximum atomic E-state index is 11.3. The van der Waals surface area contributed by atoms with Gasteiger partial charge in [0.05, 0.1) is 5.92 Å². The van der Waals surface area contributed by atoms with Crippen LogP contribution in [0.4, 0.5) is 0 Å². The number of ether oxygens (including phenoxy) is 1. The number of carbonyl (C=O) groups excluding carboxylic acids is 1. The molecule has 0 amide bonds. The Labute approximate surface area is 92.4 Å². The Kier molecular flexibility index (Phi) is 4.04. The van der Waals surface area contributed by atoms with Crippen molar-refractivity contribution in [3.05, 3.63) is 0 Å². The van der Waals surface area contributed by atoms with E-state index in [4.69, 9.17) is 4.74 Å². The van der Waals surface area contributed by atoms with Crippen LogP contribution in [-0.2, 0) is 9.53 Å². The summed E-state index contributed by atoms with van der Waals surface area (Å²) >= 11 is 0. The van der Waals surface area contributed by atoms with Crippen molar-refractivity contribution < 1.29 is 9.53 Å². The van der Waals surface area contributed by atoms with Crippen LogP contribution < -0.4 is 0 Å². The first-order chi connectivity index (χ1) is 7.38. The molecule has 0 aromatic heterocycles. The fourth-order valence-corrected chi connectivity index (χ4v) is 2.73. The highest BCUT2D eigenvalue weighted by molar-refractivity contribution is 5.78. The maximum Gasteiger partial charge on any atom is 0.313 e. The molecule has 0 aromatic carbocycles. The van der Waals surface area contributed by atoms with Gasteiger partial charge in [-0.25, -0.2) is 0 Å². The second-order valence-corrected chi connectivity index (χ2v) is 4.99. The van der Waals surface area contributed by atoms with Crippen molar-refractivity contribution in [1.82, 2.24) is 0 Å². The molecule has 1 aliphatic heterocycles. The van der Waals surface area contributed by atoms with Crippen molar-refractivity contribution in [1.29, 1.82) is 0 Å². The Morgan fingerprint density at radius 1 is 0.800 bits per heavy atom. The van der Waals surface area contributed by atoms with E-state index in [0.29, 0.717) is 0 Å². The quantitative estimate of drug-likeness (QED) is 0.572. The van der Waals surface area contributed by atoms with Crippen LogP contribution >= 0.6 is 0 Å². The summed E-state index contributed by atoms with van der Waals surface area (Å²) in [4.78, 5) is 11.3. The zero-order valence-electron chi connectivity index (χ0n) is 9.54. The summed E-state index contributed by atoms with van der Waals surface area (Å²) in [5.74, 6) is 0.321. The maximum absolute atomic E-state index is 11.3. The van der Waals surface area contributed by atoms with Crippen LogP contribution in [0.2, 0.25) is 0 Å². The highest BCUT2D eigenvalue weighted by Crippen LogP contribution is 2.32. The fourth-order valence-electron chi connectivity index (χ4n) is 2.73. The van der Waals surface area contributed by atoms with Crippen LogP contribution in [0.1, 0.15) is 64.2 Å². The molecule has 1 aliphatic carbocycles. The number of hydrogen-bond donors (Lipinski definition) is 0. The first-order valence-electron chi connectivity index (χ1n) is 6.58. The molecule has 2 nitrogen and oxygen atoms in total. The molecule has 2 aliphatic rings. The lowest BCUT2D eigenvalue weighted by Gasteiger charge is -2.35. The van der Waals surface area contributed by atoms with E-state index in [1.165, 1.54) is 51.4 Å². The molecule has 2 fully saturated rings. The second kappa shape index (κ2) is 5.53. The summed E-state index contributed by atoms with van der Waals surface area (Å²) in [5.41, 5.74) is 0. The molecule has 0 bridgehead atoms. The highest BCUT2D eigenvalue weighted by atomic mass is 16.6. The zero-order chi connectivity index (χ0) is 10.5. The number of fused-ring (bicyclic) bond motifs is 1. The lowest BCUT2D eigenvalue weighted by Crippen LogP contribution is -2.44. The molecular weight excluding hydrogens is 188 g/mol. The minimum absolute atomic E-state index is 0.0667. The highest BCUT2D eigenvalue weighted by Gasteiger charge is 2.40. The molecule has 2 rings (SSSR count). The molecule has 2 atom stereocenters. The van der Waals surface area contributed by atoms with Gasteiger partial charge in [0.1, 0.15) is 6.10 Å². The summed E-state index contributed by atoms with van der Waals surface area (Å²) in [6, 6.07) is 0. The van der Waals surface area contributed by atoms with Gasteiger partial charge in [-0.15, -0.1) is 0 Å². The van der Waals surface area contributed by atoms with Gasteiger partial charge in [-0.1, -0.05) is 44.9 Å². The van der Waals surface area contributed by atoms with E-state index >= 15 is 0 Å². The van der Waals surface area contributed by atoms with Crippen LogP contribution in [0.3, 0.4) is 0 Å². The van der Waals surface area contributed by atoms with Gasteiger partial charge in [0.2, 0.25) is 0 Å². The van der Waals surface area contributed by atoms with E-state index < -0.39 is 0 Å². The summed E-state index contributed by atoms with van der Waals surface area (Å²) in [5, 5.41) is 0. The van der Waals surface area contributed by atoms with Gasteiger partial charge in [-0.05, 0) is 19.3 Å². The summed E-state index contributed by atoms with van der Waals surface area (Å²) in [7, 11) is 0. The summed E-state index contributed by atoms with van der Waals surface area (Å²) in [6.07, 6.45) is 13.0. The SMILES string of the molecule is O=C1OC2CCCCCCCCCCC12. The van der Waals surface area contributed by atoms with Crippen molar-refractivity contribution in [3.63, 3.8) is 0 Å². The molecule has 0 aromatic rings. The van der Waals surface area contributed by atoms with Crippen LogP contribution in [0, 0.1) is 5.92 Å². The molecule has 0 N–H and O–H groups in total. The number of carbonyl (C=O) groups is 1. The molecule has 1 saturated carbocycles. The van der Waals surface area contributed by atoms with Gasteiger partial charge in [0.15, 0.2) is 0 Å². The topological polar surface area (TPSA) is 26.3 Å². The third-order valence-corrected chi connectivity index (χ3v) is 3.77. The van der Waals surface area contributed by atoms with Gasteiger partial charge in [-0.3, -0.25) is 4.79 Å². The summed E-state index contributed by atoms with van der Waals surface area (Å²) < 4.78 is 5.21. The third kappa shape index (κ3) is 2.96. The van der Waals surface area contributed by atoms with E-state index in [0.717, 1.165) is 12.8 Å². The standard InChI is InChI=1S/C13H22O2/c14-13-11-9-7-5-3-1-2-4-6-8-10-12(11)15-13/h11-12H,1-10H2. The average Bonchev–Trinajstić information content (AvgIpc) is 2.22. The van der Waals surface area contributed by atoms with E-state index in [1.54, 1.807) is 0 Å². The van der Waals surface area contributed by atoms with Crippen LogP contribution in [0.15, 0.2) is 0 Å². The molecule has 2 heteroatoms. The first kappa shape index (κ1) is 11.0. The van der Waals surface area contributed by atoms with E-state index in [9.17, 15) is 4.79 Å². The first-order valence-corrected chi connectivity index (χ1v) is 6.58. The third-order valence-electron chi connectivity index (χ3n) is 3.77. The van der Waals surface area contributed by atoms with Crippen LogP contribution in [0.25, 0.3) is 0 Å². The second-order valence-electron chi connectivity index (χ2n) is 4.99. The van der Waals surface area contributed by atoms with Crippen molar-refractivity contribution in [2.75, 3.05) is 0 Å². The minimum atomic E-state index is 0.0667. The van der Waals surface area contributed by atoms with Crippen molar-refractivity contribution >= 4 is 5.97 Å². The van der Waals surface area contributed by atoms with Gasteiger partial charge in [0.25, 0.3) is 0 Å². The predicted octanol–water partition coefficient (Wildman–Crippen LogP) is 3.44. The van der Waals surface area contributed by atoms with Gasteiger partial charge >= 0.3 is 5.97 Å². The number of hydrogen-bond acceptors (Lipinski definition) is 2. The molecule has 1 saturated heterocycles. The van der Waals surface area contributed by atoms with Crippen molar-refractivity contribution in [3.8, 4) is 0 Å². The Morgan fingerprint density at radius 2 is 1.33 bits per heavy atom. The molecular formula is C13H22O2. The Hall–Kier alpha value is -0.530. The Morgan fingerprint density at radius 3 is 1.93 bits per heavy atom. The van der Waals surface area contributed by atoms with Crippen molar-refractivity contribution in [2.24, 2.45) is 5.92 Å². The van der Waals surface area contributed by atoms with Gasteiger partial charge < -0.3 is 4.74 Å². The predicted molar refractivity (Wildman–Crippen MR) is 59.5 cm³/mol. The average molecular weight is 210 g/mol. The van der Waals surface area contributed by atoms with E-state index in [1.807, 2.05) is 0 Å². The lowest BCUT2D eigenvalue weighted by atomic mass is 9.87. The Bertz CT molecular complexity index is 213. The molecule has 0 radical (unpaired) electrons. The minimum Gasteiger partial charge on any atom is -0.461 e. The van der Waals surface area contributed by atoms with Gasteiger partial charge in [0, 0.05) is 0 Å². The van der Waals surface area contributed by atoms with Crippen LogP contribution in [-0.4, -0.2) is 12.1 Å². The van der Waals surface area contributed by atoms with Gasteiger partial charge in [-0.2, -0.15) is 0 Å². The molecule has 1 heterocycles. The lowest BCUT2D eigenvalue weighted by molar-refractivity contribution is -0.186. The molecule has 0 spiro atoms. The van der Waals surface area contributed by atoms with E-state index in [2.05, 4.69) is 0 Å². The normalized spacial score (nSPS) is 34.0. The number of rotatable bonds is 0. The van der Waals surface area contributed by atoms with E-state index in [-0.39, 0.29) is 18.0 Å².